The minimum Gasteiger partial charge on any atom is -0.444 e. The average molecular weight is 444 g/mol. The molecule has 0 aromatic carbocycles. The number of carbonyl (C=O) groups is 1. The van der Waals surface area contributed by atoms with E-state index in [0.29, 0.717) is 24.6 Å². The highest BCUT2D eigenvalue weighted by molar-refractivity contribution is 14.1. The Bertz CT molecular complexity index is 769. The van der Waals surface area contributed by atoms with Gasteiger partial charge in [-0.2, -0.15) is 5.10 Å². The van der Waals surface area contributed by atoms with Crippen molar-refractivity contribution in [1.29, 1.82) is 0 Å². The van der Waals surface area contributed by atoms with Crippen LogP contribution < -0.4 is 5.73 Å². The summed E-state index contributed by atoms with van der Waals surface area (Å²) in [5.74, 6) is 0.422. The summed E-state index contributed by atoms with van der Waals surface area (Å²) in [5, 5.41) is 5.29. The van der Waals surface area contributed by atoms with Crippen LogP contribution in [-0.4, -0.2) is 48.9 Å². The molecule has 2 N–H and O–H groups in total. The fourth-order valence-electron chi connectivity index (χ4n) is 2.90. The molecule has 0 saturated carbocycles. The molecule has 1 saturated heterocycles. The summed E-state index contributed by atoms with van der Waals surface area (Å²) in [5.41, 5.74) is 6.13. The highest BCUT2D eigenvalue weighted by Gasteiger charge is 2.33. The van der Waals surface area contributed by atoms with Crippen molar-refractivity contribution in [2.45, 2.75) is 51.8 Å². The summed E-state index contributed by atoms with van der Waals surface area (Å²) >= 11 is 2.13. The second-order valence-electron chi connectivity index (χ2n) is 6.90. The number of hydrogen-bond donors (Lipinski definition) is 1. The van der Waals surface area contributed by atoms with Crippen molar-refractivity contribution in [3.63, 3.8) is 0 Å². The summed E-state index contributed by atoms with van der Waals surface area (Å²) in [7, 11) is 0. The van der Waals surface area contributed by atoms with Gasteiger partial charge in [0.2, 0.25) is 0 Å². The second-order valence-corrected chi connectivity index (χ2v) is 7.92. The van der Waals surface area contributed by atoms with Crippen molar-refractivity contribution >= 4 is 45.5 Å². The van der Waals surface area contributed by atoms with Crippen LogP contribution in [0.15, 0.2) is 6.33 Å². The number of amides is 1. The average Bonchev–Trinajstić information content (AvgIpc) is 3.04. The Morgan fingerprint density at radius 1 is 1.46 bits per heavy atom. The largest absolute Gasteiger partial charge is 0.444 e. The molecule has 1 unspecified atom stereocenters. The Labute approximate surface area is 153 Å². The lowest BCUT2D eigenvalue weighted by Crippen LogP contribution is -2.41. The van der Waals surface area contributed by atoms with Crippen LogP contribution in [0, 0.1) is 3.70 Å². The predicted molar refractivity (Wildman–Crippen MR) is 98.4 cm³/mol. The number of anilines is 1. The number of rotatable bonds is 2. The summed E-state index contributed by atoms with van der Waals surface area (Å²) in [6.45, 7) is 6.89. The van der Waals surface area contributed by atoms with Crippen LogP contribution in [0.1, 0.15) is 33.6 Å². The molecule has 130 valence electrons. The van der Waals surface area contributed by atoms with E-state index in [2.05, 4.69) is 37.7 Å². The Hall–Kier alpha value is -1.65. The van der Waals surface area contributed by atoms with E-state index in [9.17, 15) is 4.79 Å². The number of likely N-dealkylation sites (tertiary alicyclic amines) is 1. The van der Waals surface area contributed by atoms with Crippen LogP contribution in [0.4, 0.5) is 10.6 Å². The zero-order chi connectivity index (χ0) is 17.5. The van der Waals surface area contributed by atoms with E-state index in [0.717, 1.165) is 21.9 Å². The van der Waals surface area contributed by atoms with Gasteiger partial charge < -0.3 is 15.4 Å². The minimum atomic E-state index is -0.500. The topological polar surface area (TPSA) is 99.2 Å². The molecule has 9 heteroatoms. The lowest BCUT2D eigenvalue weighted by Gasteiger charge is -2.28. The number of halogens is 1. The van der Waals surface area contributed by atoms with Crippen LogP contribution in [-0.2, 0) is 11.3 Å². The van der Waals surface area contributed by atoms with Gasteiger partial charge in [0.1, 0.15) is 21.4 Å². The number of nitrogens with two attached hydrogens (primary N) is 1. The molecule has 0 bridgehead atoms. The molecule has 3 heterocycles. The number of aromatic nitrogens is 4. The van der Waals surface area contributed by atoms with Crippen molar-refractivity contribution in [3.05, 3.63) is 10.0 Å². The predicted octanol–water partition coefficient (Wildman–Crippen LogP) is 2.41. The van der Waals surface area contributed by atoms with Gasteiger partial charge in [-0.1, -0.05) is 0 Å². The van der Waals surface area contributed by atoms with Crippen LogP contribution in [0.25, 0.3) is 11.0 Å². The smallest absolute Gasteiger partial charge is 0.410 e. The van der Waals surface area contributed by atoms with Crippen LogP contribution >= 0.6 is 22.6 Å². The summed E-state index contributed by atoms with van der Waals surface area (Å²) in [6, 6.07) is 0.0370. The zero-order valence-electron chi connectivity index (χ0n) is 14.0. The Balaban J connectivity index is 1.83. The first kappa shape index (κ1) is 17.2. The molecule has 2 aromatic rings. The lowest BCUT2D eigenvalue weighted by molar-refractivity contribution is 0.0212. The second kappa shape index (κ2) is 6.34. The van der Waals surface area contributed by atoms with E-state index in [1.807, 2.05) is 25.5 Å². The van der Waals surface area contributed by atoms with Gasteiger partial charge >= 0.3 is 6.09 Å². The van der Waals surface area contributed by atoms with E-state index < -0.39 is 5.60 Å². The van der Waals surface area contributed by atoms with E-state index in [-0.39, 0.29) is 12.1 Å². The quantitative estimate of drug-likeness (QED) is 0.715. The summed E-state index contributed by atoms with van der Waals surface area (Å²) in [4.78, 5) is 22.5. The van der Waals surface area contributed by atoms with Gasteiger partial charge in [-0.3, -0.25) is 0 Å². The molecule has 1 fully saturated rings. The van der Waals surface area contributed by atoms with Crippen LogP contribution in [0.3, 0.4) is 0 Å². The standard InChI is InChI=1S/C15H21IN6O2/c1-15(2,3)24-14(23)21-6-4-5-9(21)7-22-13-10(11(16)20-22)12(17)18-8-19-13/h8-9H,4-7H2,1-3H3,(H2,17,18,19). The van der Waals surface area contributed by atoms with E-state index in [4.69, 9.17) is 10.5 Å². The van der Waals surface area contributed by atoms with Gasteiger partial charge in [-0.05, 0) is 56.2 Å². The molecule has 0 spiro atoms. The van der Waals surface area contributed by atoms with E-state index >= 15 is 0 Å². The normalized spacial score (nSPS) is 18.3. The third kappa shape index (κ3) is 3.40. The van der Waals surface area contributed by atoms with Crippen molar-refractivity contribution in [1.82, 2.24) is 24.6 Å². The maximum Gasteiger partial charge on any atom is 0.410 e. The van der Waals surface area contributed by atoms with E-state index in [1.54, 1.807) is 4.90 Å². The van der Waals surface area contributed by atoms with Crippen molar-refractivity contribution in [2.75, 3.05) is 12.3 Å². The highest BCUT2D eigenvalue weighted by atomic mass is 127. The molecule has 0 aliphatic carbocycles. The highest BCUT2D eigenvalue weighted by Crippen LogP contribution is 2.26. The van der Waals surface area contributed by atoms with Gasteiger partial charge in [-0.15, -0.1) is 0 Å². The Morgan fingerprint density at radius 2 is 2.21 bits per heavy atom. The molecule has 1 atom stereocenters. The monoisotopic (exact) mass is 444 g/mol. The number of fused-ring (bicyclic) bond motifs is 1. The number of carbonyl (C=O) groups excluding carboxylic acids is 1. The molecule has 1 aliphatic heterocycles. The molecule has 1 aliphatic rings. The Morgan fingerprint density at radius 3 is 2.92 bits per heavy atom. The number of nitrogens with zero attached hydrogens (tertiary/aromatic N) is 5. The van der Waals surface area contributed by atoms with Crippen LogP contribution in [0.5, 0.6) is 0 Å². The molecule has 3 rings (SSSR count). The van der Waals surface area contributed by atoms with Crippen molar-refractivity contribution in [3.8, 4) is 0 Å². The first-order chi connectivity index (χ1) is 11.3. The van der Waals surface area contributed by atoms with Crippen LogP contribution in [0.2, 0.25) is 0 Å². The maximum absolute atomic E-state index is 12.4. The molecule has 2 aromatic heterocycles. The maximum atomic E-state index is 12.4. The first-order valence-corrected chi connectivity index (χ1v) is 8.96. The number of nitrogen functional groups attached to an aromatic ring is 1. The van der Waals surface area contributed by atoms with Crippen molar-refractivity contribution < 1.29 is 9.53 Å². The molecular formula is C15H21IN6O2. The summed E-state index contributed by atoms with van der Waals surface area (Å²) < 4.78 is 8.09. The van der Waals surface area contributed by atoms with Gasteiger partial charge in [0.25, 0.3) is 0 Å². The fourth-order valence-corrected chi connectivity index (χ4v) is 3.68. The van der Waals surface area contributed by atoms with E-state index in [1.165, 1.54) is 6.33 Å². The van der Waals surface area contributed by atoms with Gasteiger partial charge in [-0.25, -0.2) is 19.4 Å². The van der Waals surface area contributed by atoms with Gasteiger partial charge in [0, 0.05) is 6.54 Å². The lowest BCUT2D eigenvalue weighted by atomic mass is 10.2. The molecule has 0 radical (unpaired) electrons. The van der Waals surface area contributed by atoms with Gasteiger partial charge in [0.15, 0.2) is 5.65 Å². The molecule has 1 amide bonds. The minimum absolute atomic E-state index is 0.0370. The first-order valence-electron chi connectivity index (χ1n) is 7.88. The number of ether oxygens (including phenoxy) is 1. The third-order valence-electron chi connectivity index (χ3n) is 3.90. The summed E-state index contributed by atoms with van der Waals surface area (Å²) in [6.07, 6.45) is 3.03. The van der Waals surface area contributed by atoms with Gasteiger partial charge in [0.05, 0.1) is 18.0 Å². The molecule has 8 nitrogen and oxygen atoms in total. The molecule has 24 heavy (non-hydrogen) atoms. The Kier molecular flexibility index (Phi) is 4.54. The fraction of sp³-hybridized carbons (Fsp3) is 0.600. The SMILES string of the molecule is CC(C)(C)OC(=O)N1CCCC1Cn1nc(I)c2c(N)ncnc21. The van der Waals surface area contributed by atoms with Crippen molar-refractivity contribution in [2.24, 2.45) is 0 Å². The zero-order valence-corrected chi connectivity index (χ0v) is 16.1. The third-order valence-corrected chi connectivity index (χ3v) is 4.66. The molecular weight excluding hydrogens is 423 g/mol. The number of hydrogen-bond acceptors (Lipinski definition) is 6.